The van der Waals surface area contributed by atoms with Crippen LogP contribution in [0.15, 0.2) is 23.8 Å². The topological polar surface area (TPSA) is 29.1 Å². The van der Waals surface area contributed by atoms with Crippen LogP contribution < -0.4 is 5.32 Å². The molecule has 0 bridgehead atoms. The van der Waals surface area contributed by atoms with Gasteiger partial charge in [0.15, 0.2) is 0 Å². The maximum atomic E-state index is 10.6. The van der Waals surface area contributed by atoms with Crippen molar-refractivity contribution in [2.75, 3.05) is 6.54 Å². The summed E-state index contributed by atoms with van der Waals surface area (Å²) in [6.07, 6.45) is 7.54. The molecule has 18 heavy (non-hydrogen) atoms. The number of carbonyl (C=O) groups is 1. The lowest BCUT2D eigenvalue weighted by molar-refractivity contribution is -0.118. The highest BCUT2D eigenvalue weighted by molar-refractivity contribution is 5.73. The highest BCUT2D eigenvalue weighted by Gasteiger charge is 2.02. The fourth-order valence-electron chi connectivity index (χ4n) is 1.13. The summed E-state index contributed by atoms with van der Waals surface area (Å²) in [4.78, 5) is 10.6. The van der Waals surface area contributed by atoms with E-state index in [0.29, 0.717) is 12.5 Å². The molecular formula is C16H33NO. The Morgan fingerprint density at radius 3 is 2.06 bits per heavy atom. The third kappa shape index (κ3) is 14.9. The van der Waals surface area contributed by atoms with Gasteiger partial charge in [-0.1, -0.05) is 66.7 Å². The van der Waals surface area contributed by atoms with E-state index >= 15 is 0 Å². The lowest BCUT2D eigenvalue weighted by Gasteiger charge is -2.11. The number of hydrogen-bond acceptors (Lipinski definition) is 1. The lowest BCUT2D eigenvalue weighted by Crippen LogP contribution is -2.22. The van der Waals surface area contributed by atoms with E-state index in [2.05, 4.69) is 30.5 Å². The minimum atomic E-state index is 0.0305. The molecule has 1 atom stereocenters. The number of carbonyl (C=O) groups excluding carboxylic acids is 1. The Kier molecular flexibility index (Phi) is 22.6. The van der Waals surface area contributed by atoms with Gasteiger partial charge in [0.05, 0.1) is 0 Å². The Bertz CT molecular complexity index is 229. The summed E-state index contributed by atoms with van der Waals surface area (Å²) in [6, 6.07) is 0. The molecule has 1 aliphatic rings. The molecule has 1 aliphatic carbocycles. The average Bonchev–Trinajstić information content (AvgIpc) is 2.45. The van der Waals surface area contributed by atoms with Crippen LogP contribution in [0.25, 0.3) is 0 Å². The van der Waals surface area contributed by atoms with E-state index in [4.69, 9.17) is 0 Å². The van der Waals surface area contributed by atoms with Crippen LogP contribution in [0.5, 0.6) is 0 Å². The highest BCUT2D eigenvalue weighted by atomic mass is 16.1. The summed E-state index contributed by atoms with van der Waals surface area (Å²) in [5.74, 6) is 0.675. The Labute approximate surface area is 115 Å². The van der Waals surface area contributed by atoms with E-state index in [9.17, 15) is 4.79 Å². The van der Waals surface area contributed by atoms with Crippen molar-refractivity contribution in [2.45, 2.75) is 61.8 Å². The van der Waals surface area contributed by atoms with Gasteiger partial charge < -0.3 is 5.32 Å². The molecule has 0 heterocycles. The first-order chi connectivity index (χ1) is 8.68. The monoisotopic (exact) mass is 255 g/mol. The van der Waals surface area contributed by atoms with Crippen molar-refractivity contribution < 1.29 is 4.79 Å². The maximum Gasteiger partial charge on any atom is 0.217 e. The van der Waals surface area contributed by atoms with Crippen LogP contribution in [-0.4, -0.2) is 12.5 Å². The van der Waals surface area contributed by atoms with Crippen molar-refractivity contribution in [2.24, 2.45) is 5.92 Å². The normalized spacial score (nSPS) is 15.6. The number of allylic oxidation sites excluding steroid dienone is 2. The lowest BCUT2D eigenvalue weighted by atomic mass is 9.99. The maximum absolute atomic E-state index is 10.6. The molecule has 0 aromatic rings. The van der Waals surface area contributed by atoms with Gasteiger partial charge in [0.25, 0.3) is 0 Å². The molecule has 0 fully saturated rings. The quantitative estimate of drug-likeness (QED) is 0.759. The second-order valence-corrected chi connectivity index (χ2v) is 3.26. The summed E-state index contributed by atoms with van der Waals surface area (Å²) >= 11 is 0. The molecule has 0 aromatic carbocycles. The molecule has 0 aliphatic heterocycles. The minimum Gasteiger partial charge on any atom is -0.352 e. The second-order valence-electron chi connectivity index (χ2n) is 3.26. The van der Waals surface area contributed by atoms with Crippen molar-refractivity contribution in [3.63, 3.8) is 0 Å². The fraction of sp³-hybridized carbons (Fsp3) is 0.688. The van der Waals surface area contributed by atoms with Crippen LogP contribution in [0, 0.1) is 5.92 Å². The second kappa shape index (κ2) is 18.3. The highest BCUT2D eigenvalue weighted by Crippen LogP contribution is 2.14. The number of rotatable bonds is 2. The number of hydrogen-bond donors (Lipinski definition) is 1. The molecule has 1 unspecified atom stereocenters. The van der Waals surface area contributed by atoms with Crippen LogP contribution in [0.3, 0.4) is 0 Å². The van der Waals surface area contributed by atoms with E-state index in [1.54, 1.807) is 0 Å². The molecule has 1 amide bonds. The van der Waals surface area contributed by atoms with Crippen molar-refractivity contribution in [3.8, 4) is 0 Å². The van der Waals surface area contributed by atoms with Gasteiger partial charge in [0.1, 0.15) is 0 Å². The third-order valence-corrected chi connectivity index (χ3v) is 1.93. The largest absolute Gasteiger partial charge is 0.352 e. The van der Waals surface area contributed by atoms with Crippen LogP contribution in [0.4, 0.5) is 0 Å². The predicted octanol–water partition coefficient (Wildman–Crippen LogP) is 4.72. The Morgan fingerprint density at radius 1 is 1.22 bits per heavy atom. The van der Waals surface area contributed by atoms with Gasteiger partial charge in [0, 0.05) is 13.5 Å². The van der Waals surface area contributed by atoms with Crippen molar-refractivity contribution in [1.82, 2.24) is 5.32 Å². The summed E-state index contributed by atoms with van der Waals surface area (Å²) in [5, 5.41) is 2.77. The van der Waals surface area contributed by atoms with Crippen LogP contribution in [-0.2, 0) is 4.79 Å². The predicted molar refractivity (Wildman–Crippen MR) is 83.7 cm³/mol. The Hall–Kier alpha value is -1.05. The molecule has 1 N–H and O–H groups in total. The molecular weight excluding hydrogens is 222 g/mol. The van der Waals surface area contributed by atoms with Gasteiger partial charge in [-0.25, -0.2) is 0 Å². The Morgan fingerprint density at radius 2 is 1.72 bits per heavy atom. The molecule has 2 nitrogen and oxygen atoms in total. The van der Waals surface area contributed by atoms with E-state index in [0.717, 1.165) is 6.42 Å². The molecule has 0 saturated carbocycles. The van der Waals surface area contributed by atoms with Crippen molar-refractivity contribution in [1.29, 1.82) is 0 Å². The minimum absolute atomic E-state index is 0.0305. The van der Waals surface area contributed by atoms with Gasteiger partial charge in [-0.3, -0.25) is 4.79 Å². The van der Waals surface area contributed by atoms with Gasteiger partial charge >= 0.3 is 0 Å². The molecule has 1 rings (SSSR count). The van der Waals surface area contributed by atoms with Crippen LogP contribution >= 0.6 is 0 Å². The van der Waals surface area contributed by atoms with E-state index in [1.807, 2.05) is 41.5 Å². The molecule has 0 spiro atoms. The van der Waals surface area contributed by atoms with Gasteiger partial charge in [0.2, 0.25) is 5.91 Å². The number of nitrogens with one attached hydrogen (secondary N) is 1. The van der Waals surface area contributed by atoms with Crippen LogP contribution in [0.1, 0.15) is 61.8 Å². The summed E-state index contributed by atoms with van der Waals surface area (Å²) in [5.41, 5.74) is 1.21. The summed E-state index contributed by atoms with van der Waals surface area (Å²) in [7, 11) is 0. The first-order valence-electron chi connectivity index (χ1n) is 7.30. The third-order valence-electron chi connectivity index (χ3n) is 1.93. The van der Waals surface area contributed by atoms with Gasteiger partial charge in [-0.15, -0.1) is 0 Å². The molecule has 0 radical (unpaired) electrons. The zero-order valence-corrected chi connectivity index (χ0v) is 13.6. The first-order valence-corrected chi connectivity index (χ1v) is 7.30. The standard InChI is InChI=1S/C10H15NO.3C2H6/c1-8-3-5-10(6-4-8)7-11-9(2)12;3*1-2/h3,5-6,8H,4,7H2,1-2H3,(H,11,12);3*1-2H3. The Balaban J connectivity index is -0.000000328. The summed E-state index contributed by atoms with van der Waals surface area (Å²) in [6.45, 7) is 16.4. The molecule has 0 aromatic heterocycles. The molecule has 2 heteroatoms. The molecule has 108 valence electrons. The van der Waals surface area contributed by atoms with Crippen LogP contribution in [0.2, 0.25) is 0 Å². The van der Waals surface area contributed by atoms with Gasteiger partial charge in [-0.05, 0) is 17.9 Å². The summed E-state index contributed by atoms with van der Waals surface area (Å²) < 4.78 is 0. The zero-order valence-electron chi connectivity index (χ0n) is 13.6. The van der Waals surface area contributed by atoms with Gasteiger partial charge in [-0.2, -0.15) is 0 Å². The number of amides is 1. The van der Waals surface area contributed by atoms with Crippen molar-refractivity contribution >= 4 is 5.91 Å². The smallest absolute Gasteiger partial charge is 0.217 e. The molecule has 0 saturated heterocycles. The van der Waals surface area contributed by atoms with E-state index in [1.165, 1.54) is 12.5 Å². The first kappa shape index (κ1) is 22.2. The van der Waals surface area contributed by atoms with E-state index in [-0.39, 0.29) is 5.91 Å². The average molecular weight is 255 g/mol. The van der Waals surface area contributed by atoms with E-state index < -0.39 is 0 Å². The SMILES string of the molecule is CC.CC.CC.CC(=O)NCC1=CCC(C)C=C1. The zero-order chi connectivity index (χ0) is 15.0. The van der Waals surface area contributed by atoms with Crippen molar-refractivity contribution in [3.05, 3.63) is 23.8 Å². The fourth-order valence-corrected chi connectivity index (χ4v) is 1.13.